The summed E-state index contributed by atoms with van der Waals surface area (Å²) in [6.45, 7) is 0. The highest BCUT2D eigenvalue weighted by atomic mass is 16.3. The van der Waals surface area contributed by atoms with Crippen molar-refractivity contribution in [2.75, 3.05) is 5.32 Å². The van der Waals surface area contributed by atoms with E-state index in [2.05, 4.69) is 16.4 Å². The Hall–Kier alpha value is -3.73. The maximum absolute atomic E-state index is 12.5. The molecular weight excluding hydrogens is 340 g/mol. The van der Waals surface area contributed by atoms with Crippen LogP contribution in [0.2, 0.25) is 0 Å². The smallest absolute Gasteiger partial charge is 0.228 e. The van der Waals surface area contributed by atoms with Gasteiger partial charge in [0.2, 0.25) is 5.91 Å². The van der Waals surface area contributed by atoms with E-state index in [1.165, 1.54) is 12.1 Å². The lowest BCUT2D eigenvalue weighted by Crippen LogP contribution is -2.15. The molecular formula is C22H18N2O3. The Labute approximate surface area is 155 Å². The molecule has 4 N–H and O–H groups in total. The number of carbonyl (C=O) groups is 1. The van der Waals surface area contributed by atoms with Crippen molar-refractivity contribution in [3.05, 3.63) is 78.4 Å². The Morgan fingerprint density at radius 2 is 1.67 bits per heavy atom. The summed E-state index contributed by atoms with van der Waals surface area (Å²) in [4.78, 5) is 15.8. The number of carbonyl (C=O) groups excluding carboxylic acids is 1. The molecule has 0 saturated heterocycles. The molecule has 0 bridgehead atoms. The fourth-order valence-corrected chi connectivity index (χ4v) is 3.10. The minimum Gasteiger partial charge on any atom is -0.504 e. The highest BCUT2D eigenvalue weighted by Gasteiger charge is 2.12. The number of fused-ring (bicyclic) bond motifs is 1. The molecule has 0 aliphatic carbocycles. The molecule has 27 heavy (non-hydrogen) atoms. The van der Waals surface area contributed by atoms with Gasteiger partial charge in [-0.1, -0.05) is 42.5 Å². The van der Waals surface area contributed by atoms with Gasteiger partial charge in [0, 0.05) is 22.2 Å². The molecule has 0 atom stereocenters. The Bertz CT molecular complexity index is 1100. The van der Waals surface area contributed by atoms with E-state index in [9.17, 15) is 15.0 Å². The lowest BCUT2D eigenvalue weighted by atomic mass is 10.1. The molecule has 1 aromatic heterocycles. The summed E-state index contributed by atoms with van der Waals surface area (Å²) in [5, 5.41) is 23.0. The lowest BCUT2D eigenvalue weighted by molar-refractivity contribution is -0.115. The van der Waals surface area contributed by atoms with Gasteiger partial charge >= 0.3 is 0 Å². The predicted octanol–water partition coefficient (Wildman–Crippen LogP) is 4.43. The summed E-state index contributed by atoms with van der Waals surface area (Å²) >= 11 is 0. The third-order valence-corrected chi connectivity index (χ3v) is 4.43. The number of phenolic OH excluding ortho intramolecular Hbond substituents is 2. The van der Waals surface area contributed by atoms with Gasteiger partial charge in [0.05, 0.1) is 12.1 Å². The number of aromatic amines is 1. The third-order valence-electron chi connectivity index (χ3n) is 4.43. The van der Waals surface area contributed by atoms with Crippen LogP contribution in [0.25, 0.3) is 22.2 Å². The number of phenols is 2. The number of hydrogen-bond donors (Lipinski definition) is 4. The largest absolute Gasteiger partial charge is 0.504 e. The van der Waals surface area contributed by atoms with Crippen molar-refractivity contribution >= 4 is 22.5 Å². The van der Waals surface area contributed by atoms with Crippen LogP contribution in [0.5, 0.6) is 11.5 Å². The zero-order chi connectivity index (χ0) is 18.8. The van der Waals surface area contributed by atoms with Gasteiger partial charge in [-0.3, -0.25) is 4.79 Å². The number of rotatable bonds is 4. The van der Waals surface area contributed by atoms with Crippen LogP contribution in [0.3, 0.4) is 0 Å². The molecule has 1 heterocycles. The van der Waals surface area contributed by atoms with Crippen molar-refractivity contribution in [2.45, 2.75) is 6.42 Å². The van der Waals surface area contributed by atoms with Crippen molar-refractivity contribution < 1.29 is 15.0 Å². The minimum atomic E-state index is -0.237. The molecule has 0 saturated carbocycles. The van der Waals surface area contributed by atoms with Gasteiger partial charge in [0.1, 0.15) is 0 Å². The number of benzene rings is 3. The van der Waals surface area contributed by atoms with E-state index in [1.807, 2.05) is 48.5 Å². The molecule has 0 spiro atoms. The van der Waals surface area contributed by atoms with E-state index in [4.69, 9.17) is 0 Å². The predicted molar refractivity (Wildman–Crippen MR) is 106 cm³/mol. The summed E-state index contributed by atoms with van der Waals surface area (Å²) < 4.78 is 0. The Morgan fingerprint density at radius 1 is 0.889 bits per heavy atom. The third kappa shape index (κ3) is 3.48. The number of amides is 1. The number of H-pyrrole nitrogens is 1. The van der Waals surface area contributed by atoms with Crippen molar-refractivity contribution in [2.24, 2.45) is 0 Å². The first-order valence-electron chi connectivity index (χ1n) is 8.58. The number of para-hydroxylation sites is 2. The number of hydrogen-bond acceptors (Lipinski definition) is 3. The second-order valence-electron chi connectivity index (χ2n) is 6.36. The van der Waals surface area contributed by atoms with Gasteiger partial charge in [0.15, 0.2) is 11.5 Å². The second kappa shape index (κ2) is 6.88. The van der Waals surface area contributed by atoms with Crippen LogP contribution in [0, 0.1) is 0 Å². The van der Waals surface area contributed by atoms with Crippen LogP contribution >= 0.6 is 0 Å². The quantitative estimate of drug-likeness (QED) is 0.407. The first kappa shape index (κ1) is 16.7. The fraction of sp³-hybridized carbons (Fsp3) is 0.0455. The van der Waals surface area contributed by atoms with Crippen molar-refractivity contribution in [3.8, 4) is 22.8 Å². The van der Waals surface area contributed by atoms with Gasteiger partial charge in [-0.15, -0.1) is 0 Å². The number of nitrogens with one attached hydrogen (secondary N) is 2. The van der Waals surface area contributed by atoms with Crippen LogP contribution in [0.15, 0.2) is 72.8 Å². The van der Waals surface area contributed by atoms with Gasteiger partial charge in [-0.25, -0.2) is 0 Å². The van der Waals surface area contributed by atoms with Crippen molar-refractivity contribution in [1.29, 1.82) is 0 Å². The molecule has 0 aliphatic rings. The van der Waals surface area contributed by atoms with Crippen LogP contribution in [0.4, 0.5) is 5.69 Å². The molecule has 4 aromatic rings. The minimum absolute atomic E-state index is 0.0921. The standard InChI is InChI=1S/C22H18N2O3/c25-20-10-9-14(11-21(20)26)12-22(27)24-18-8-4-2-6-16(18)19-13-15-5-1-3-7-17(15)23-19/h1-11,13,23,25-26H,12H2,(H,24,27). The van der Waals surface area contributed by atoms with Crippen LogP contribution < -0.4 is 5.32 Å². The summed E-state index contributed by atoms with van der Waals surface area (Å²) in [5.41, 5.74) is 4.18. The summed E-state index contributed by atoms with van der Waals surface area (Å²) in [5.74, 6) is -0.647. The zero-order valence-corrected chi connectivity index (χ0v) is 14.4. The number of aromatic nitrogens is 1. The highest BCUT2D eigenvalue weighted by Crippen LogP contribution is 2.30. The molecule has 4 rings (SSSR count). The number of anilines is 1. The maximum atomic E-state index is 12.5. The molecule has 5 heteroatoms. The van der Waals surface area contributed by atoms with Gasteiger partial charge in [-0.05, 0) is 35.9 Å². The van der Waals surface area contributed by atoms with E-state index >= 15 is 0 Å². The van der Waals surface area contributed by atoms with E-state index in [1.54, 1.807) is 6.07 Å². The monoisotopic (exact) mass is 358 g/mol. The topological polar surface area (TPSA) is 85.3 Å². The Kier molecular flexibility index (Phi) is 4.26. The molecule has 5 nitrogen and oxygen atoms in total. The van der Waals surface area contributed by atoms with E-state index in [0.717, 1.165) is 22.2 Å². The van der Waals surface area contributed by atoms with E-state index in [-0.39, 0.29) is 23.8 Å². The zero-order valence-electron chi connectivity index (χ0n) is 14.4. The summed E-state index contributed by atoms with van der Waals surface area (Å²) in [6, 6.07) is 22.0. The van der Waals surface area contributed by atoms with Crippen molar-refractivity contribution in [3.63, 3.8) is 0 Å². The first-order chi connectivity index (χ1) is 13.1. The molecule has 0 radical (unpaired) electrons. The van der Waals surface area contributed by atoms with Crippen LogP contribution in [-0.2, 0) is 11.2 Å². The maximum Gasteiger partial charge on any atom is 0.228 e. The SMILES string of the molecule is O=C(Cc1ccc(O)c(O)c1)Nc1ccccc1-c1cc2ccccc2[nH]1. The van der Waals surface area contributed by atoms with Crippen molar-refractivity contribution in [1.82, 2.24) is 4.98 Å². The fourth-order valence-electron chi connectivity index (χ4n) is 3.10. The van der Waals surface area contributed by atoms with E-state index in [0.29, 0.717) is 11.3 Å². The first-order valence-corrected chi connectivity index (χ1v) is 8.58. The second-order valence-corrected chi connectivity index (χ2v) is 6.36. The van der Waals surface area contributed by atoms with Crippen LogP contribution in [0.1, 0.15) is 5.56 Å². The highest BCUT2D eigenvalue weighted by molar-refractivity contribution is 5.97. The number of aromatic hydroxyl groups is 2. The Morgan fingerprint density at radius 3 is 2.48 bits per heavy atom. The molecule has 0 aliphatic heterocycles. The average molecular weight is 358 g/mol. The average Bonchev–Trinajstić information content (AvgIpc) is 3.09. The molecule has 3 aromatic carbocycles. The Balaban J connectivity index is 1.59. The molecule has 1 amide bonds. The molecule has 0 fully saturated rings. The van der Waals surface area contributed by atoms with Gasteiger partial charge in [0.25, 0.3) is 0 Å². The lowest BCUT2D eigenvalue weighted by Gasteiger charge is -2.10. The van der Waals surface area contributed by atoms with Gasteiger partial charge in [-0.2, -0.15) is 0 Å². The molecule has 0 unspecified atom stereocenters. The molecule has 134 valence electrons. The van der Waals surface area contributed by atoms with E-state index < -0.39 is 0 Å². The van der Waals surface area contributed by atoms with Gasteiger partial charge < -0.3 is 20.5 Å². The summed E-state index contributed by atoms with van der Waals surface area (Å²) in [6.07, 6.45) is 0.0921. The summed E-state index contributed by atoms with van der Waals surface area (Å²) in [7, 11) is 0. The normalized spacial score (nSPS) is 10.8. The van der Waals surface area contributed by atoms with Crippen LogP contribution in [-0.4, -0.2) is 21.1 Å².